The fourth-order valence-corrected chi connectivity index (χ4v) is 2.12. The molecule has 0 atom stereocenters. The smallest absolute Gasteiger partial charge is 0.123 e. The summed E-state index contributed by atoms with van der Waals surface area (Å²) in [7, 11) is 0. The van der Waals surface area contributed by atoms with Crippen molar-refractivity contribution >= 4 is 0 Å². The molecule has 1 aromatic carbocycles. The Morgan fingerprint density at radius 3 is 2.81 bits per heavy atom. The molecule has 1 aromatic rings. The van der Waals surface area contributed by atoms with Gasteiger partial charge in [-0.25, -0.2) is 4.39 Å². The van der Waals surface area contributed by atoms with Crippen LogP contribution in [0.4, 0.5) is 4.39 Å². The van der Waals surface area contributed by atoms with Crippen molar-refractivity contribution in [2.75, 3.05) is 26.2 Å². The minimum absolute atomic E-state index is 0.154. The first-order valence-corrected chi connectivity index (χ1v) is 6.02. The van der Waals surface area contributed by atoms with E-state index in [0.717, 1.165) is 25.2 Å². The number of halogens is 1. The topological polar surface area (TPSA) is 15.3 Å². The van der Waals surface area contributed by atoms with E-state index in [1.54, 1.807) is 12.1 Å². The maximum absolute atomic E-state index is 12.9. The highest BCUT2D eigenvalue weighted by Gasteiger charge is 2.09. The fourth-order valence-electron chi connectivity index (χ4n) is 2.12. The second kappa shape index (κ2) is 5.97. The van der Waals surface area contributed by atoms with E-state index >= 15 is 0 Å². The van der Waals surface area contributed by atoms with Crippen molar-refractivity contribution < 1.29 is 4.39 Å². The van der Waals surface area contributed by atoms with Gasteiger partial charge in [0.1, 0.15) is 5.82 Å². The molecular weight excluding hydrogens is 203 g/mol. The molecule has 2 rings (SSSR count). The third-order valence-corrected chi connectivity index (χ3v) is 3.02. The lowest BCUT2D eigenvalue weighted by molar-refractivity contribution is 0.335. The summed E-state index contributed by atoms with van der Waals surface area (Å²) in [5.41, 5.74) is 1.02. The van der Waals surface area contributed by atoms with Crippen LogP contribution < -0.4 is 5.32 Å². The molecule has 0 aromatic heterocycles. The minimum Gasteiger partial charge on any atom is -0.311 e. The molecule has 1 heterocycles. The monoisotopic (exact) mass is 222 g/mol. The Labute approximate surface area is 96.5 Å². The molecule has 1 N–H and O–H groups in total. The standard InChI is InChI=1S/C13H19FN2/c14-13-5-3-4-12(10-13)11-15-6-9-16-7-1-2-8-16/h3-5,10,15H,1-2,6-9,11H2. The molecule has 1 saturated heterocycles. The van der Waals surface area contributed by atoms with Crippen molar-refractivity contribution in [1.29, 1.82) is 0 Å². The van der Waals surface area contributed by atoms with Crippen molar-refractivity contribution in [3.63, 3.8) is 0 Å². The summed E-state index contributed by atoms with van der Waals surface area (Å²) in [6.45, 7) is 5.32. The van der Waals surface area contributed by atoms with Gasteiger partial charge in [-0.1, -0.05) is 12.1 Å². The number of rotatable bonds is 5. The zero-order valence-electron chi connectivity index (χ0n) is 9.58. The maximum Gasteiger partial charge on any atom is 0.123 e. The fraction of sp³-hybridized carbons (Fsp3) is 0.538. The zero-order chi connectivity index (χ0) is 11.2. The molecule has 0 aliphatic carbocycles. The lowest BCUT2D eigenvalue weighted by Crippen LogP contribution is -2.29. The molecule has 2 nitrogen and oxygen atoms in total. The van der Waals surface area contributed by atoms with E-state index in [4.69, 9.17) is 0 Å². The molecule has 3 heteroatoms. The van der Waals surface area contributed by atoms with E-state index in [-0.39, 0.29) is 5.82 Å². The number of nitrogens with one attached hydrogen (secondary N) is 1. The van der Waals surface area contributed by atoms with Crippen molar-refractivity contribution in [3.05, 3.63) is 35.6 Å². The number of hydrogen-bond acceptors (Lipinski definition) is 2. The van der Waals surface area contributed by atoms with E-state index in [9.17, 15) is 4.39 Å². The number of hydrogen-bond donors (Lipinski definition) is 1. The quantitative estimate of drug-likeness (QED) is 0.767. The van der Waals surface area contributed by atoms with Gasteiger partial charge in [0.05, 0.1) is 0 Å². The summed E-state index contributed by atoms with van der Waals surface area (Å²) in [6.07, 6.45) is 2.67. The molecule has 0 radical (unpaired) electrons. The Morgan fingerprint density at radius 2 is 2.06 bits per heavy atom. The Bertz CT molecular complexity index is 321. The Balaban J connectivity index is 1.64. The summed E-state index contributed by atoms with van der Waals surface area (Å²) in [4.78, 5) is 2.47. The van der Waals surface area contributed by atoms with Crippen LogP contribution in [0.3, 0.4) is 0 Å². The molecule has 0 unspecified atom stereocenters. The lowest BCUT2D eigenvalue weighted by atomic mass is 10.2. The number of nitrogens with zero attached hydrogens (tertiary/aromatic N) is 1. The zero-order valence-corrected chi connectivity index (χ0v) is 9.58. The normalized spacial score (nSPS) is 16.8. The van der Waals surface area contributed by atoms with Gasteiger partial charge in [0.2, 0.25) is 0 Å². The summed E-state index contributed by atoms with van der Waals surface area (Å²) in [5.74, 6) is -0.154. The van der Waals surface area contributed by atoms with Crippen LogP contribution in [0, 0.1) is 5.82 Å². The van der Waals surface area contributed by atoms with Gasteiger partial charge in [0.25, 0.3) is 0 Å². The van der Waals surface area contributed by atoms with Gasteiger partial charge in [-0.15, -0.1) is 0 Å². The van der Waals surface area contributed by atoms with E-state index in [1.807, 2.05) is 6.07 Å². The number of likely N-dealkylation sites (tertiary alicyclic amines) is 1. The molecule has 0 amide bonds. The van der Waals surface area contributed by atoms with Crippen LogP contribution in [0.1, 0.15) is 18.4 Å². The molecule has 1 aliphatic rings. The Hall–Kier alpha value is -0.930. The van der Waals surface area contributed by atoms with Crippen LogP contribution in [0.2, 0.25) is 0 Å². The first kappa shape index (κ1) is 11.6. The predicted molar refractivity (Wildman–Crippen MR) is 63.8 cm³/mol. The number of benzene rings is 1. The SMILES string of the molecule is Fc1cccc(CNCCN2CCCC2)c1. The third kappa shape index (κ3) is 3.58. The van der Waals surface area contributed by atoms with Gasteiger partial charge >= 0.3 is 0 Å². The molecule has 88 valence electrons. The van der Waals surface area contributed by atoms with E-state index in [1.165, 1.54) is 32.0 Å². The first-order valence-electron chi connectivity index (χ1n) is 6.02. The van der Waals surface area contributed by atoms with Crippen molar-refractivity contribution in [2.24, 2.45) is 0 Å². The minimum atomic E-state index is -0.154. The average Bonchev–Trinajstić information content (AvgIpc) is 2.77. The van der Waals surface area contributed by atoms with E-state index in [0.29, 0.717) is 0 Å². The molecule has 0 spiro atoms. The highest BCUT2D eigenvalue weighted by Crippen LogP contribution is 2.06. The van der Waals surface area contributed by atoms with Crippen molar-refractivity contribution in [3.8, 4) is 0 Å². The van der Waals surface area contributed by atoms with Crippen LogP contribution >= 0.6 is 0 Å². The summed E-state index contributed by atoms with van der Waals surface area (Å²) < 4.78 is 12.9. The molecule has 1 aliphatic heterocycles. The van der Waals surface area contributed by atoms with Crippen LogP contribution in [0.25, 0.3) is 0 Å². The summed E-state index contributed by atoms with van der Waals surface area (Å²) in [5, 5.41) is 3.35. The molecular formula is C13H19FN2. The average molecular weight is 222 g/mol. The molecule has 16 heavy (non-hydrogen) atoms. The lowest BCUT2D eigenvalue weighted by Gasteiger charge is -2.14. The first-order chi connectivity index (χ1) is 7.84. The second-order valence-corrected chi connectivity index (χ2v) is 4.36. The molecule has 1 fully saturated rings. The van der Waals surface area contributed by atoms with Gasteiger partial charge in [-0.2, -0.15) is 0 Å². The Kier molecular flexibility index (Phi) is 4.31. The van der Waals surface area contributed by atoms with Crippen LogP contribution in [0.15, 0.2) is 24.3 Å². The van der Waals surface area contributed by atoms with Crippen LogP contribution in [-0.2, 0) is 6.54 Å². The second-order valence-electron chi connectivity index (χ2n) is 4.36. The maximum atomic E-state index is 12.9. The highest BCUT2D eigenvalue weighted by atomic mass is 19.1. The van der Waals surface area contributed by atoms with Gasteiger partial charge in [-0.3, -0.25) is 0 Å². The van der Waals surface area contributed by atoms with Crippen LogP contribution in [-0.4, -0.2) is 31.1 Å². The van der Waals surface area contributed by atoms with Gasteiger partial charge in [-0.05, 0) is 43.6 Å². The van der Waals surface area contributed by atoms with E-state index < -0.39 is 0 Å². The van der Waals surface area contributed by atoms with E-state index in [2.05, 4.69) is 10.2 Å². The van der Waals surface area contributed by atoms with Gasteiger partial charge in [0, 0.05) is 19.6 Å². The van der Waals surface area contributed by atoms with Crippen molar-refractivity contribution in [2.45, 2.75) is 19.4 Å². The Morgan fingerprint density at radius 1 is 1.25 bits per heavy atom. The predicted octanol–water partition coefficient (Wildman–Crippen LogP) is 2.01. The van der Waals surface area contributed by atoms with Crippen molar-refractivity contribution in [1.82, 2.24) is 10.2 Å². The third-order valence-electron chi connectivity index (χ3n) is 3.02. The highest BCUT2D eigenvalue weighted by molar-refractivity contribution is 5.15. The van der Waals surface area contributed by atoms with Gasteiger partial charge in [0.15, 0.2) is 0 Å². The van der Waals surface area contributed by atoms with Crippen LogP contribution in [0.5, 0.6) is 0 Å². The van der Waals surface area contributed by atoms with Gasteiger partial charge < -0.3 is 10.2 Å². The largest absolute Gasteiger partial charge is 0.311 e. The summed E-state index contributed by atoms with van der Waals surface area (Å²) in [6, 6.07) is 6.77. The summed E-state index contributed by atoms with van der Waals surface area (Å²) >= 11 is 0. The molecule has 0 saturated carbocycles. The molecule has 0 bridgehead atoms.